The van der Waals surface area contributed by atoms with Crippen LogP contribution in [0.25, 0.3) is 10.9 Å². The van der Waals surface area contributed by atoms with E-state index < -0.39 is 16.1 Å². The number of benzene rings is 4. The van der Waals surface area contributed by atoms with Gasteiger partial charge in [0, 0.05) is 36.8 Å². The van der Waals surface area contributed by atoms with Crippen LogP contribution in [0.4, 0.5) is 10.1 Å². The molecule has 0 radical (unpaired) electrons. The molecule has 0 amide bonds. The van der Waals surface area contributed by atoms with Gasteiger partial charge < -0.3 is 4.74 Å². The molecule has 0 bridgehead atoms. The van der Waals surface area contributed by atoms with Crippen molar-refractivity contribution in [1.29, 1.82) is 0 Å². The molecule has 1 N–H and O–H groups in total. The van der Waals surface area contributed by atoms with E-state index in [0.717, 1.165) is 34.1 Å². The molecule has 0 spiro atoms. The zero-order valence-electron chi connectivity index (χ0n) is 21.9. The number of rotatable bonds is 8. The second kappa shape index (κ2) is 10.7. The quantitative estimate of drug-likeness (QED) is 0.240. The van der Waals surface area contributed by atoms with E-state index in [1.165, 1.54) is 12.1 Å². The minimum atomic E-state index is -3.57. The van der Waals surface area contributed by atoms with Crippen molar-refractivity contribution >= 4 is 26.6 Å². The van der Waals surface area contributed by atoms with Crippen molar-refractivity contribution in [1.82, 2.24) is 9.88 Å². The van der Waals surface area contributed by atoms with Gasteiger partial charge in [0.1, 0.15) is 17.4 Å². The van der Waals surface area contributed by atoms with Crippen LogP contribution in [0.5, 0.6) is 5.75 Å². The Bertz CT molecular complexity index is 1720. The van der Waals surface area contributed by atoms with Crippen molar-refractivity contribution in [3.63, 3.8) is 0 Å². The van der Waals surface area contributed by atoms with Gasteiger partial charge in [-0.15, -0.1) is 0 Å². The van der Waals surface area contributed by atoms with Crippen molar-refractivity contribution in [3.05, 3.63) is 137 Å². The van der Waals surface area contributed by atoms with Crippen molar-refractivity contribution in [2.75, 3.05) is 11.0 Å². The van der Waals surface area contributed by atoms with Crippen molar-refractivity contribution in [2.24, 2.45) is 0 Å². The first-order chi connectivity index (χ1) is 19.4. The van der Waals surface area contributed by atoms with Crippen LogP contribution in [-0.2, 0) is 29.7 Å². The fourth-order valence-corrected chi connectivity index (χ4v) is 5.92. The van der Waals surface area contributed by atoms with E-state index >= 15 is 0 Å². The van der Waals surface area contributed by atoms with E-state index in [9.17, 15) is 12.8 Å². The zero-order chi connectivity index (χ0) is 27.7. The molecule has 0 fully saturated rings. The minimum Gasteiger partial charge on any atom is -0.478 e. The van der Waals surface area contributed by atoms with E-state index in [1.54, 1.807) is 24.4 Å². The van der Waals surface area contributed by atoms with Crippen LogP contribution in [0.2, 0.25) is 0 Å². The van der Waals surface area contributed by atoms with Crippen LogP contribution in [0, 0.1) is 5.82 Å². The first-order valence-electron chi connectivity index (χ1n) is 13.0. The Kier molecular flexibility index (Phi) is 6.96. The third-order valence-electron chi connectivity index (χ3n) is 7.04. The van der Waals surface area contributed by atoms with Crippen LogP contribution in [0.15, 0.2) is 103 Å². The van der Waals surface area contributed by atoms with Gasteiger partial charge in [0.2, 0.25) is 10.0 Å². The number of sulfonamides is 1. The van der Waals surface area contributed by atoms with Gasteiger partial charge in [-0.25, -0.2) is 12.8 Å². The number of fused-ring (bicyclic) bond motifs is 2. The van der Waals surface area contributed by atoms with Crippen molar-refractivity contribution < 1.29 is 17.5 Å². The second-order valence-corrected chi connectivity index (χ2v) is 11.8. The number of aromatic nitrogens is 1. The number of nitrogens with one attached hydrogen (secondary N) is 1. The Morgan fingerprint density at radius 1 is 0.875 bits per heavy atom. The second-order valence-electron chi connectivity index (χ2n) is 10.0. The van der Waals surface area contributed by atoms with E-state index in [0.29, 0.717) is 42.0 Å². The van der Waals surface area contributed by atoms with Gasteiger partial charge in [0.25, 0.3) is 0 Å². The summed E-state index contributed by atoms with van der Waals surface area (Å²) < 4.78 is 48.2. The monoisotopic (exact) mass is 553 g/mol. The van der Waals surface area contributed by atoms with E-state index in [2.05, 4.69) is 14.6 Å². The Hall–Kier alpha value is -4.27. The summed E-state index contributed by atoms with van der Waals surface area (Å²) in [5, 5.41) is 0.671. The number of pyridine rings is 1. The van der Waals surface area contributed by atoms with E-state index in [4.69, 9.17) is 4.74 Å². The van der Waals surface area contributed by atoms with Gasteiger partial charge in [-0.2, -0.15) is 0 Å². The summed E-state index contributed by atoms with van der Waals surface area (Å²) in [7, 11) is -3.57. The van der Waals surface area contributed by atoms with Gasteiger partial charge in [0.05, 0.1) is 11.9 Å². The predicted molar refractivity (Wildman–Crippen MR) is 155 cm³/mol. The molecule has 0 aliphatic carbocycles. The molecule has 4 aromatic carbocycles. The molecule has 1 aliphatic heterocycles. The summed E-state index contributed by atoms with van der Waals surface area (Å²) >= 11 is 0. The lowest BCUT2D eigenvalue weighted by Gasteiger charge is -2.24. The molecule has 5 aromatic rings. The van der Waals surface area contributed by atoms with Crippen molar-refractivity contribution in [3.8, 4) is 5.75 Å². The minimum absolute atomic E-state index is 0.283. The lowest BCUT2D eigenvalue weighted by molar-refractivity contribution is 0.240. The highest BCUT2D eigenvalue weighted by Gasteiger charge is 2.32. The molecule has 6 rings (SSSR count). The Labute approximate surface area is 233 Å². The van der Waals surface area contributed by atoms with Crippen LogP contribution in [0.3, 0.4) is 0 Å². The molecule has 202 valence electrons. The molecule has 6 nitrogen and oxygen atoms in total. The molecular weight excluding hydrogens is 525 g/mol. The number of nitrogens with zero attached hydrogens (tertiary/aromatic N) is 2. The molecule has 0 saturated heterocycles. The van der Waals surface area contributed by atoms with Crippen LogP contribution >= 0.6 is 0 Å². The fourth-order valence-electron chi connectivity index (χ4n) is 5.32. The molecule has 40 heavy (non-hydrogen) atoms. The third kappa shape index (κ3) is 5.41. The molecular formula is C32H28FN3O3S. The van der Waals surface area contributed by atoms with Gasteiger partial charge >= 0.3 is 0 Å². The summed E-state index contributed by atoms with van der Waals surface area (Å²) in [4.78, 5) is 6.88. The molecule has 0 unspecified atom stereocenters. The number of hydrogen-bond acceptors (Lipinski definition) is 5. The average molecular weight is 554 g/mol. The Balaban J connectivity index is 1.50. The highest BCUT2D eigenvalue weighted by atomic mass is 32.2. The Morgan fingerprint density at radius 3 is 2.12 bits per heavy atom. The summed E-state index contributed by atoms with van der Waals surface area (Å²) in [6.45, 7) is 1.58. The summed E-state index contributed by atoms with van der Waals surface area (Å²) in [5.41, 5.74) is 5.79. The maximum absolute atomic E-state index is 13.5. The van der Waals surface area contributed by atoms with E-state index in [-0.39, 0.29) is 5.82 Å². The summed E-state index contributed by atoms with van der Waals surface area (Å²) in [6, 6.07) is 30.1. The van der Waals surface area contributed by atoms with Crippen LogP contribution in [0.1, 0.15) is 33.9 Å². The maximum atomic E-state index is 13.5. The first kappa shape index (κ1) is 26.0. The average Bonchev–Trinajstić information content (AvgIpc) is 3.38. The van der Waals surface area contributed by atoms with Gasteiger partial charge in [0.15, 0.2) is 5.75 Å². The number of hydrogen-bond donors (Lipinski definition) is 1. The maximum Gasteiger partial charge on any atom is 0.229 e. The van der Waals surface area contributed by atoms with Crippen LogP contribution < -0.4 is 9.46 Å². The smallest absolute Gasteiger partial charge is 0.229 e. The first-order valence-corrected chi connectivity index (χ1v) is 14.9. The van der Waals surface area contributed by atoms with E-state index in [1.807, 2.05) is 66.7 Å². The molecule has 1 aromatic heterocycles. The normalized spacial score (nSPS) is 13.5. The molecule has 0 saturated carbocycles. The Morgan fingerprint density at radius 2 is 1.50 bits per heavy atom. The predicted octanol–water partition coefficient (Wildman–Crippen LogP) is 6.43. The zero-order valence-corrected chi connectivity index (χ0v) is 22.7. The summed E-state index contributed by atoms with van der Waals surface area (Å²) in [6.07, 6.45) is 2.44. The number of anilines is 1. The fraction of sp³-hybridized carbons (Fsp3) is 0.156. The van der Waals surface area contributed by atoms with Gasteiger partial charge in [-0.1, -0.05) is 72.8 Å². The van der Waals surface area contributed by atoms with Gasteiger partial charge in [-0.05, 0) is 46.5 Å². The molecule has 8 heteroatoms. The lowest BCUT2D eigenvalue weighted by Crippen LogP contribution is -2.16. The largest absolute Gasteiger partial charge is 0.478 e. The van der Waals surface area contributed by atoms with Crippen molar-refractivity contribution in [2.45, 2.75) is 25.7 Å². The molecule has 2 heterocycles. The van der Waals surface area contributed by atoms with Gasteiger partial charge in [-0.3, -0.25) is 14.6 Å². The highest BCUT2D eigenvalue weighted by Crippen LogP contribution is 2.45. The topological polar surface area (TPSA) is 71.5 Å². The summed E-state index contributed by atoms with van der Waals surface area (Å²) in [5.74, 6) is 0.345. The van der Waals surface area contributed by atoms with Crippen LogP contribution in [-0.4, -0.2) is 24.6 Å². The number of halogens is 1. The molecule has 0 atom stereocenters. The number of ether oxygens (including phenoxy) is 1. The standard InChI is InChI=1S/C32H28FN3O3S/c1-40(37,38)35-29-26-13-8-18-34-30(26)32(28-21-36(20-27(28)29)19-22-14-16-25(33)17-15-22)39-31(23-9-4-2-5-10-23)24-11-6-3-7-12-24/h2-18,31,35H,19-21H2,1H3. The molecule has 1 aliphatic rings. The SMILES string of the molecule is CS(=O)(=O)Nc1c2c(c(OC(c3ccccc3)c3ccccc3)c3ncccc13)CN(Cc1ccc(F)cc1)C2. The highest BCUT2D eigenvalue weighted by molar-refractivity contribution is 7.92. The lowest BCUT2D eigenvalue weighted by atomic mass is 9.99. The third-order valence-corrected chi connectivity index (χ3v) is 7.62.